The second-order valence-corrected chi connectivity index (χ2v) is 6.91. The number of carbonyl (C=O) groups is 3. The van der Waals surface area contributed by atoms with E-state index in [9.17, 15) is 14.4 Å². The minimum absolute atomic E-state index is 0.0524. The largest absolute Gasteiger partial charge is 0.356 e. The van der Waals surface area contributed by atoms with Crippen LogP contribution in [0.3, 0.4) is 0 Å². The first-order chi connectivity index (χ1) is 12.5. The van der Waals surface area contributed by atoms with Gasteiger partial charge in [-0.3, -0.25) is 14.4 Å². The number of carbonyl (C=O) groups excluding carboxylic acids is 3. The van der Waals surface area contributed by atoms with Gasteiger partial charge in [0.1, 0.15) is 6.61 Å². The summed E-state index contributed by atoms with van der Waals surface area (Å²) in [5.74, 6) is -0.345. The van der Waals surface area contributed by atoms with E-state index in [1.807, 2.05) is 44.2 Å². The van der Waals surface area contributed by atoms with Crippen molar-refractivity contribution in [2.75, 3.05) is 26.2 Å². The van der Waals surface area contributed by atoms with Gasteiger partial charge in [0.15, 0.2) is 6.10 Å². The van der Waals surface area contributed by atoms with Crippen molar-refractivity contribution in [3.05, 3.63) is 35.9 Å². The maximum atomic E-state index is 13.2. The molecule has 7 nitrogen and oxygen atoms in total. The number of nitrogens with zero attached hydrogens (tertiary/aromatic N) is 2. The Morgan fingerprint density at radius 3 is 2.62 bits per heavy atom. The van der Waals surface area contributed by atoms with Crippen LogP contribution in [0.2, 0.25) is 0 Å². The number of hydrogen-bond acceptors (Lipinski definition) is 4. The van der Waals surface area contributed by atoms with Gasteiger partial charge in [0.2, 0.25) is 11.8 Å². The third kappa shape index (κ3) is 3.72. The molecule has 0 aliphatic carbocycles. The Morgan fingerprint density at radius 1 is 1.19 bits per heavy atom. The van der Waals surface area contributed by atoms with Crippen LogP contribution in [0, 0.1) is 0 Å². The molecule has 140 valence electrons. The molecule has 0 bridgehead atoms. The molecule has 0 spiro atoms. The number of nitrogens with one attached hydrogen (secondary N) is 1. The van der Waals surface area contributed by atoms with E-state index in [1.165, 1.54) is 0 Å². The Labute approximate surface area is 153 Å². The molecule has 2 atom stereocenters. The maximum Gasteiger partial charge on any atom is 0.254 e. The lowest BCUT2D eigenvalue weighted by Crippen LogP contribution is -2.57. The molecular formula is C19H25N3O4. The van der Waals surface area contributed by atoms with Crippen molar-refractivity contribution < 1.29 is 19.1 Å². The van der Waals surface area contributed by atoms with Crippen LogP contribution in [0.1, 0.15) is 31.9 Å². The molecule has 0 aromatic heterocycles. The van der Waals surface area contributed by atoms with Crippen molar-refractivity contribution in [3.8, 4) is 0 Å². The summed E-state index contributed by atoms with van der Waals surface area (Å²) in [4.78, 5) is 40.6. The van der Waals surface area contributed by atoms with E-state index in [-0.39, 0.29) is 36.8 Å². The zero-order chi connectivity index (χ0) is 18.7. The van der Waals surface area contributed by atoms with Crippen molar-refractivity contribution >= 4 is 17.7 Å². The summed E-state index contributed by atoms with van der Waals surface area (Å²) in [5.41, 5.74) is 0.872. The van der Waals surface area contributed by atoms with Crippen LogP contribution in [0.4, 0.5) is 0 Å². The van der Waals surface area contributed by atoms with E-state index in [2.05, 4.69) is 5.32 Å². The van der Waals surface area contributed by atoms with Crippen molar-refractivity contribution in [1.29, 1.82) is 0 Å². The molecule has 1 aromatic rings. The molecule has 0 unspecified atom stereocenters. The zero-order valence-corrected chi connectivity index (χ0v) is 15.2. The Bertz CT molecular complexity index is 677. The van der Waals surface area contributed by atoms with Crippen LogP contribution in [0.5, 0.6) is 0 Å². The molecule has 0 radical (unpaired) electrons. The Kier molecular flexibility index (Phi) is 5.56. The van der Waals surface area contributed by atoms with E-state index in [1.54, 1.807) is 9.80 Å². The second-order valence-electron chi connectivity index (χ2n) is 6.91. The van der Waals surface area contributed by atoms with Gasteiger partial charge in [-0.25, -0.2) is 0 Å². The quantitative estimate of drug-likeness (QED) is 0.862. The Morgan fingerprint density at radius 2 is 1.92 bits per heavy atom. The summed E-state index contributed by atoms with van der Waals surface area (Å²) in [6, 6.07) is 8.98. The number of ether oxygens (including phenoxy) is 1. The van der Waals surface area contributed by atoms with Gasteiger partial charge in [0.05, 0.1) is 6.04 Å². The van der Waals surface area contributed by atoms with Crippen LogP contribution in [-0.4, -0.2) is 65.9 Å². The molecule has 7 heteroatoms. The third-order valence-electron chi connectivity index (χ3n) is 4.83. The molecule has 2 aliphatic heterocycles. The summed E-state index contributed by atoms with van der Waals surface area (Å²) in [5, 5.41) is 2.77. The average Bonchev–Trinajstić information content (AvgIpc) is 2.86. The van der Waals surface area contributed by atoms with Crippen molar-refractivity contribution in [1.82, 2.24) is 15.1 Å². The highest BCUT2D eigenvalue weighted by Gasteiger charge is 2.44. The predicted molar refractivity (Wildman–Crippen MR) is 95.1 cm³/mol. The van der Waals surface area contributed by atoms with Crippen molar-refractivity contribution in [2.24, 2.45) is 0 Å². The highest BCUT2D eigenvalue weighted by Crippen LogP contribution is 2.33. The highest BCUT2D eigenvalue weighted by atomic mass is 16.5. The molecule has 26 heavy (non-hydrogen) atoms. The second kappa shape index (κ2) is 7.86. The third-order valence-corrected chi connectivity index (χ3v) is 4.83. The van der Waals surface area contributed by atoms with Crippen LogP contribution in [-0.2, 0) is 19.1 Å². The minimum Gasteiger partial charge on any atom is -0.356 e. The molecular weight excluding hydrogens is 334 g/mol. The topological polar surface area (TPSA) is 79.0 Å². The van der Waals surface area contributed by atoms with Crippen LogP contribution < -0.4 is 5.32 Å². The fraction of sp³-hybridized carbons (Fsp3) is 0.526. The minimum atomic E-state index is -0.772. The molecule has 3 amide bonds. The van der Waals surface area contributed by atoms with Gasteiger partial charge in [-0.2, -0.15) is 0 Å². The zero-order valence-electron chi connectivity index (χ0n) is 15.2. The number of benzene rings is 1. The van der Waals surface area contributed by atoms with E-state index in [4.69, 9.17) is 4.74 Å². The molecule has 0 saturated carbocycles. The van der Waals surface area contributed by atoms with Gasteiger partial charge >= 0.3 is 0 Å². The molecule has 1 aromatic carbocycles. The molecule has 2 aliphatic rings. The number of morpholine rings is 1. The first-order valence-corrected chi connectivity index (χ1v) is 9.02. The summed E-state index contributed by atoms with van der Waals surface area (Å²) >= 11 is 0. The summed E-state index contributed by atoms with van der Waals surface area (Å²) < 4.78 is 5.73. The van der Waals surface area contributed by atoms with Gasteiger partial charge in [-0.05, 0) is 19.4 Å². The summed E-state index contributed by atoms with van der Waals surface area (Å²) in [7, 11) is 0. The maximum absolute atomic E-state index is 13.2. The summed E-state index contributed by atoms with van der Waals surface area (Å²) in [6.07, 6.45) is -0.493. The van der Waals surface area contributed by atoms with Gasteiger partial charge in [0, 0.05) is 32.1 Å². The first kappa shape index (κ1) is 18.4. The van der Waals surface area contributed by atoms with Crippen molar-refractivity contribution in [3.63, 3.8) is 0 Å². The fourth-order valence-electron chi connectivity index (χ4n) is 3.60. The lowest BCUT2D eigenvalue weighted by molar-refractivity contribution is -0.171. The van der Waals surface area contributed by atoms with Crippen LogP contribution in [0.25, 0.3) is 0 Å². The van der Waals surface area contributed by atoms with Crippen LogP contribution in [0.15, 0.2) is 30.3 Å². The lowest BCUT2D eigenvalue weighted by atomic mass is 9.95. The van der Waals surface area contributed by atoms with E-state index < -0.39 is 12.1 Å². The monoisotopic (exact) mass is 359 g/mol. The standard InChI is InChI=1S/C19H25N3O4/c1-13(2)22-16(24)12-26-18(17(22)14-6-4-3-5-7-14)19(25)21-10-8-15(23)20-9-11-21/h3-7,13,17-18H,8-12H2,1-2H3,(H,20,23)/t17-,18+/m1/s1. The molecule has 3 rings (SSSR count). The number of hydrogen-bond donors (Lipinski definition) is 1. The number of rotatable bonds is 3. The molecule has 2 heterocycles. The summed E-state index contributed by atoms with van der Waals surface area (Å²) in [6.45, 7) is 5.01. The first-order valence-electron chi connectivity index (χ1n) is 9.02. The number of amides is 3. The predicted octanol–water partition coefficient (Wildman–Crippen LogP) is 0.712. The lowest BCUT2D eigenvalue weighted by Gasteiger charge is -2.44. The van der Waals surface area contributed by atoms with Gasteiger partial charge in [-0.1, -0.05) is 30.3 Å². The fourth-order valence-corrected chi connectivity index (χ4v) is 3.60. The Hall–Kier alpha value is -2.41. The average molecular weight is 359 g/mol. The Balaban J connectivity index is 1.91. The van der Waals surface area contributed by atoms with E-state index in [0.29, 0.717) is 19.6 Å². The van der Waals surface area contributed by atoms with Gasteiger partial charge in [-0.15, -0.1) is 0 Å². The molecule has 2 fully saturated rings. The molecule has 1 N–H and O–H groups in total. The smallest absolute Gasteiger partial charge is 0.254 e. The highest BCUT2D eigenvalue weighted by molar-refractivity contribution is 5.87. The van der Waals surface area contributed by atoms with Crippen LogP contribution >= 0.6 is 0 Å². The normalized spacial score (nSPS) is 24.4. The van der Waals surface area contributed by atoms with Gasteiger partial charge < -0.3 is 19.9 Å². The van der Waals surface area contributed by atoms with E-state index >= 15 is 0 Å². The van der Waals surface area contributed by atoms with E-state index in [0.717, 1.165) is 5.56 Å². The van der Waals surface area contributed by atoms with Gasteiger partial charge in [0.25, 0.3) is 5.91 Å². The van der Waals surface area contributed by atoms with Crippen molar-refractivity contribution in [2.45, 2.75) is 38.5 Å². The SMILES string of the molecule is CC(C)N1C(=O)CO[C@H](C(=O)N2CCNC(=O)CC2)[C@H]1c1ccccc1. The molecule has 2 saturated heterocycles.